The van der Waals surface area contributed by atoms with E-state index in [0.29, 0.717) is 0 Å². The standard InChI is InChI=1S/C15H17N5O2/c1-20-8-11(7-18-20)13(9-21)19-14(22)5-10-6-17-15-12(10)3-2-4-16-15/h2-4,6-8,13,21H,5,9H2,1H3,(H,16,17)(H,19,22). The Bertz CT molecular complexity index is 792. The number of hydrogen-bond donors (Lipinski definition) is 3. The second-order valence-electron chi connectivity index (χ2n) is 5.14. The Morgan fingerprint density at radius 3 is 3.14 bits per heavy atom. The Morgan fingerprint density at radius 2 is 2.41 bits per heavy atom. The maximum Gasteiger partial charge on any atom is 0.225 e. The van der Waals surface area contributed by atoms with Crippen molar-refractivity contribution < 1.29 is 9.90 Å². The average molecular weight is 299 g/mol. The predicted molar refractivity (Wildman–Crippen MR) is 81.0 cm³/mol. The highest BCUT2D eigenvalue weighted by atomic mass is 16.3. The molecule has 22 heavy (non-hydrogen) atoms. The van der Waals surface area contributed by atoms with Gasteiger partial charge in [0.1, 0.15) is 5.65 Å². The Morgan fingerprint density at radius 1 is 1.55 bits per heavy atom. The first kappa shape index (κ1) is 14.3. The zero-order valence-electron chi connectivity index (χ0n) is 12.2. The molecule has 7 nitrogen and oxygen atoms in total. The lowest BCUT2D eigenvalue weighted by Crippen LogP contribution is -2.31. The zero-order chi connectivity index (χ0) is 15.5. The van der Waals surface area contributed by atoms with Crippen molar-refractivity contribution in [3.8, 4) is 0 Å². The number of carbonyl (C=O) groups excluding carboxylic acids is 1. The fourth-order valence-electron chi connectivity index (χ4n) is 2.43. The minimum atomic E-state index is -0.454. The molecule has 0 saturated carbocycles. The maximum atomic E-state index is 12.2. The monoisotopic (exact) mass is 299 g/mol. The van der Waals surface area contributed by atoms with Gasteiger partial charge in [-0.3, -0.25) is 9.48 Å². The van der Waals surface area contributed by atoms with Crippen molar-refractivity contribution in [2.24, 2.45) is 7.05 Å². The van der Waals surface area contributed by atoms with Crippen molar-refractivity contribution in [3.63, 3.8) is 0 Å². The van der Waals surface area contributed by atoms with Gasteiger partial charge < -0.3 is 15.4 Å². The summed E-state index contributed by atoms with van der Waals surface area (Å²) in [6.45, 7) is -0.174. The van der Waals surface area contributed by atoms with Crippen LogP contribution in [0.25, 0.3) is 11.0 Å². The maximum absolute atomic E-state index is 12.2. The molecule has 114 valence electrons. The molecule has 0 aliphatic carbocycles. The van der Waals surface area contributed by atoms with E-state index in [9.17, 15) is 9.90 Å². The summed E-state index contributed by atoms with van der Waals surface area (Å²) >= 11 is 0. The van der Waals surface area contributed by atoms with E-state index >= 15 is 0 Å². The number of fused-ring (bicyclic) bond motifs is 1. The van der Waals surface area contributed by atoms with Gasteiger partial charge in [0.2, 0.25) is 5.91 Å². The summed E-state index contributed by atoms with van der Waals surface area (Å²) in [5.74, 6) is -0.160. The molecule has 1 amide bonds. The van der Waals surface area contributed by atoms with Crippen LogP contribution < -0.4 is 5.32 Å². The summed E-state index contributed by atoms with van der Waals surface area (Å²) in [5.41, 5.74) is 2.42. The largest absolute Gasteiger partial charge is 0.394 e. The number of aryl methyl sites for hydroxylation is 1. The highest BCUT2D eigenvalue weighted by Gasteiger charge is 2.16. The highest BCUT2D eigenvalue weighted by molar-refractivity contribution is 5.87. The summed E-state index contributed by atoms with van der Waals surface area (Å²) in [7, 11) is 1.79. The summed E-state index contributed by atoms with van der Waals surface area (Å²) in [6, 6.07) is 3.31. The van der Waals surface area contributed by atoms with Crippen LogP contribution in [0.4, 0.5) is 0 Å². The van der Waals surface area contributed by atoms with E-state index in [0.717, 1.165) is 22.2 Å². The van der Waals surface area contributed by atoms with Crippen molar-refractivity contribution in [2.75, 3.05) is 6.61 Å². The number of aliphatic hydroxyl groups is 1. The van der Waals surface area contributed by atoms with Crippen LogP contribution in [0.3, 0.4) is 0 Å². The lowest BCUT2D eigenvalue weighted by Gasteiger charge is -2.14. The number of hydrogen-bond acceptors (Lipinski definition) is 4. The van der Waals surface area contributed by atoms with E-state index in [-0.39, 0.29) is 18.9 Å². The van der Waals surface area contributed by atoms with Gasteiger partial charge in [-0.1, -0.05) is 0 Å². The van der Waals surface area contributed by atoms with Crippen LogP contribution in [0.2, 0.25) is 0 Å². The smallest absolute Gasteiger partial charge is 0.225 e. The van der Waals surface area contributed by atoms with Crippen LogP contribution in [0.5, 0.6) is 0 Å². The second kappa shape index (κ2) is 5.98. The Kier molecular flexibility index (Phi) is 3.88. The molecule has 1 unspecified atom stereocenters. The number of amides is 1. The molecule has 0 spiro atoms. The fourth-order valence-corrected chi connectivity index (χ4v) is 2.43. The van der Waals surface area contributed by atoms with Crippen LogP contribution >= 0.6 is 0 Å². The number of nitrogens with one attached hydrogen (secondary N) is 2. The number of aliphatic hydroxyl groups excluding tert-OH is 1. The Labute approximate surface area is 127 Å². The van der Waals surface area contributed by atoms with E-state index in [2.05, 4.69) is 20.4 Å². The third-order valence-electron chi connectivity index (χ3n) is 3.53. The van der Waals surface area contributed by atoms with Crippen molar-refractivity contribution in [2.45, 2.75) is 12.5 Å². The molecular weight excluding hydrogens is 282 g/mol. The van der Waals surface area contributed by atoms with Gasteiger partial charge in [-0.25, -0.2) is 4.98 Å². The van der Waals surface area contributed by atoms with Crippen molar-refractivity contribution in [1.29, 1.82) is 0 Å². The molecule has 3 aromatic heterocycles. The van der Waals surface area contributed by atoms with Gasteiger partial charge in [0.05, 0.1) is 25.3 Å². The minimum Gasteiger partial charge on any atom is -0.394 e. The molecule has 1 atom stereocenters. The Hall–Kier alpha value is -2.67. The average Bonchev–Trinajstić information content (AvgIpc) is 3.12. The number of aromatic amines is 1. The predicted octanol–water partition coefficient (Wildman–Crippen LogP) is 0.689. The van der Waals surface area contributed by atoms with Gasteiger partial charge in [-0.2, -0.15) is 5.10 Å². The minimum absolute atomic E-state index is 0.160. The summed E-state index contributed by atoms with van der Waals surface area (Å²) in [5, 5.41) is 17.3. The van der Waals surface area contributed by atoms with E-state index in [1.807, 2.05) is 12.1 Å². The van der Waals surface area contributed by atoms with Gasteiger partial charge in [0.15, 0.2) is 0 Å². The van der Waals surface area contributed by atoms with E-state index < -0.39 is 6.04 Å². The van der Waals surface area contributed by atoms with E-state index in [1.54, 1.807) is 36.5 Å². The molecule has 7 heteroatoms. The molecular formula is C15H17N5O2. The molecule has 0 bridgehead atoms. The first-order valence-corrected chi connectivity index (χ1v) is 6.97. The third kappa shape index (κ3) is 2.84. The molecule has 0 saturated heterocycles. The van der Waals surface area contributed by atoms with Crippen LogP contribution in [-0.2, 0) is 18.3 Å². The first-order valence-electron chi connectivity index (χ1n) is 6.97. The molecule has 3 N–H and O–H groups in total. The fraction of sp³-hybridized carbons (Fsp3) is 0.267. The molecule has 3 heterocycles. The number of nitrogens with zero attached hydrogens (tertiary/aromatic N) is 3. The SMILES string of the molecule is Cn1cc(C(CO)NC(=O)Cc2c[nH]c3ncccc23)cn1. The molecule has 0 fully saturated rings. The topological polar surface area (TPSA) is 95.8 Å². The van der Waals surface area contributed by atoms with Crippen LogP contribution in [-0.4, -0.2) is 37.4 Å². The molecule has 0 radical (unpaired) electrons. The molecule has 0 aromatic carbocycles. The third-order valence-corrected chi connectivity index (χ3v) is 3.53. The van der Waals surface area contributed by atoms with Crippen molar-refractivity contribution >= 4 is 16.9 Å². The van der Waals surface area contributed by atoms with Gasteiger partial charge in [-0.05, 0) is 17.7 Å². The summed E-state index contributed by atoms with van der Waals surface area (Å²) < 4.78 is 1.63. The Balaban J connectivity index is 1.71. The quantitative estimate of drug-likeness (QED) is 0.646. The van der Waals surface area contributed by atoms with Crippen molar-refractivity contribution in [3.05, 3.63) is 48.0 Å². The molecule has 0 aliphatic heterocycles. The van der Waals surface area contributed by atoms with Gasteiger partial charge in [0, 0.05) is 36.6 Å². The van der Waals surface area contributed by atoms with E-state index in [1.165, 1.54) is 0 Å². The molecule has 0 aliphatic rings. The van der Waals surface area contributed by atoms with Crippen LogP contribution in [0, 0.1) is 0 Å². The van der Waals surface area contributed by atoms with Gasteiger partial charge >= 0.3 is 0 Å². The number of pyridine rings is 1. The number of carbonyl (C=O) groups is 1. The van der Waals surface area contributed by atoms with E-state index in [4.69, 9.17) is 0 Å². The first-order chi connectivity index (χ1) is 10.7. The molecule has 3 aromatic rings. The van der Waals surface area contributed by atoms with Crippen molar-refractivity contribution in [1.82, 2.24) is 25.1 Å². The molecule has 3 rings (SSSR count). The number of rotatable bonds is 5. The number of H-pyrrole nitrogens is 1. The lowest BCUT2D eigenvalue weighted by molar-refractivity contribution is -0.121. The zero-order valence-corrected chi connectivity index (χ0v) is 12.2. The van der Waals surface area contributed by atoms with Gasteiger partial charge in [-0.15, -0.1) is 0 Å². The summed E-state index contributed by atoms with van der Waals surface area (Å²) in [4.78, 5) is 19.5. The normalized spacial score (nSPS) is 12.5. The second-order valence-corrected chi connectivity index (χ2v) is 5.14. The lowest BCUT2D eigenvalue weighted by atomic mass is 10.1. The number of aromatic nitrogens is 4. The summed E-state index contributed by atoms with van der Waals surface area (Å²) in [6.07, 6.45) is 7.12. The van der Waals surface area contributed by atoms with Crippen LogP contribution in [0.15, 0.2) is 36.9 Å². The highest BCUT2D eigenvalue weighted by Crippen LogP contribution is 2.17. The van der Waals surface area contributed by atoms with Gasteiger partial charge in [0.25, 0.3) is 0 Å². The van der Waals surface area contributed by atoms with Crippen LogP contribution in [0.1, 0.15) is 17.2 Å².